The first kappa shape index (κ1) is 15.3. The van der Waals surface area contributed by atoms with Crippen LogP contribution in [0.2, 0.25) is 0 Å². The van der Waals surface area contributed by atoms with Crippen LogP contribution in [0.1, 0.15) is 12.8 Å². The number of fused-ring (bicyclic) bond motifs is 2. The summed E-state index contributed by atoms with van der Waals surface area (Å²) in [4.78, 5) is 8.81. The van der Waals surface area contributed by atoms with E-state index < -0.39 is 0 Å². The highest BCUT2D eigenvalue weighted by molar-refractivity contribution is 5.80. The van der Waals surface area contributed by atoms with E-state index in [2.05, 4.69) is 38.7 Å². The summed E-state index contributed by atoms with van der Waals surface area (Å²) in [5.74, 6) is 1.32. The second-order valence-corrected chi connectivity index (χ2v) is 6.89. The Morgan fingerprint density at radius 3 is 3.00 bits per heavy atom. The molecule has 4 aromatic heterocycles. The van der Waals surface area contributed by atoms with Gasteiger partial charge in [-0.2, -0.15) is 0 Å². The Labute approximate surface area is 150 Å². The number of methoxy groups -OCH3 is 1. The number of nitrogens with one attached hydrogen (secondary N) is 1. The first-order chi connectivity index (χ1) is 12.8. The second kappa shape index (κ2) is 6.10. The van der Waals surface area contributed by atoms with Gasteiger partial charge in [0, 0.05) is 55.7 Å². The fraction of sp³-hybridized carbons (Fsp3) is 0.316. The second-order valence-electron chi connectivity index (χ2n) is 6.89. The third-order valence-electron chi connectivity index (χ3n) is 5.09. The SMILES string of the molecule is COC[C@H]1C[C@H](Nc2ncc3c(-c4ccc5nccn5c4)ccn3n2)C1. The smallest absolute Gasteiger partial charge is 0.241 e. The summed E-state index contributed by atoms with van der Waals surface area (Å²) >= 11 is 0. The zero-order valence-corrected chi connectivity index (χ0v) is 14.5. The molecule has 1 aliphatic rings. The maximum absolute atomic E-state index is 5.20. The Kier molecular flexibility index (Phi) is 3.60. The lowest BCUT2D eigenvalue weighted by molar-refractivity contribution is 0.104. The summed E-state index contributed by atoms with van der Waals surface area (Å²) in [5, 5.41) is 8.03. The van der Waals surface area contributed by atoms with E-state index in [9.17, 15) is 0 Å². The number of ether oxygens (including phenoxy) is 1. The molecule has 5 rings (SSSR count). The molecule has 0 aliphatic heterocycles. The number of imidazole rings is 1. The van der Waals surface area contributed by atoms with Crippen molar-refractivity contribution in [1.82, 2.24) is 24.0 Å². The van der Waals surface area contributed by atoms with Crippen molar-refractivity contribution in [3.8, 4) is 11.1 Å². The molecule has 0 bridgehead atoms. The molecule has 1 saturated carbocycles. The third kappa shape index (κ3) is 2.61. The van der Waals surface area contributed by atoms with Gasteiger partial charge in [0.15, 0.2) is 0 Å². The van der Waals surface area contributed by atoms with Crippen molar-refractivity contribution in [2.24, 2.45) is 5.92 Å². The van der Waals surface area contributed by atoms with Gasteiger partial charge in [-0.15, -0.1) is 5.10 Å². The van der Waals surface area contributed by atoms with Crippen molar-refractivity contribution in [2.75, 3.05) is 19.0 Å². The van der Waals surface area contributed by atoms with E-state index in [-0.39, 0.29) is 0 Å². The lowest BCUT2D eigenvalue weighted by atomic mass is 9.81. The molecule has 0 unspecified atom stereocenters. The fourth-order valence-electron chi connectivity index (χ4n) is 3.70. The van der Waals surface area contributed by atoms with Crippen LogP contribution in [0.5, 0.6) is 0 Å². The molecule has 0 spiro atoms. The molecular weight excluding hydrogens is 328 g/mol. The summed E-state index contributed by atoms with van der Waals surface area (Å²) in [6.45, 7) is 0.834. The summed E-state index contributed by atoms with van der Waals surface area (Å²) in [7, 11) is 1.76. The minimum Gasteiger partial charge on any atom is -0.384 e. The minimum atomic E-state index is 0.436. The lowest BCUT2D eigenvalue weighted by Gasteiger charge is -2.35. The van der Waals surface area contributed by atoms with Crippen molar-refractivity contribution in [1.29, 1.82) is 0 Å². The van der Waals surface area contributed by atoms with Gasteiger partial charge in [-0.1, -0.05) is 0 Å². The molecule has 0 saturated heterocycles. The lowest BCUT2D eigenvalue weighted by Crippen LogP contribution is -2.38. The standard InChI is InChI=1S/C19H20N6O/c1-26-12-13-8-15(9-13)22-19-21-10-17-16(4-6-25(17)23-19)14-2-3-18-20-5-7-24(18)11-14/h2-7,10-11,13,15H,8-9,12H2,1H3,(H,22,23)/t13-,15-. The number of hydrogen-bond donors (Lipinski definition) is 1. The molecule has 0 amide bonds. The van der Waals surface area contributed by atoms with Crippen LogP contribution in [-0.2, 0) is 4.74 Å². The molecule has 4 heterocycles. The first-order valence-corrected chi connectivity index (χ1v) is 8.83. The topological polar surface area (TPSA) is 68.8 Å². The number of anilines is 1. The normalized spacial score (nSPS) is 19.7. The van der Waals surface area contributed by atoms with E-state index in [1.165, 1.54) is 0 Å². The maximum Gasteiger partial charge on any atom is 0.241 e. The van der Waals surface area contributed by atoms with Gasteiger partial charge in [0.05, 0.1) is 11.7 Å². The number of nitrogens with zero attached hydrogens (tertiary/aromatic N) is 5. The molecule has 1 aliphatic carbocycles. The number of aromatic nitrogens is 5. The van der Waals surface area contributed by atoms with E-state index in [0.717, 1.165) is 41.7 Å². The Morgan fingerprint density at radius 1 is 1.19 bits per heavy atom. The van der Waals surface area contributed by atoms with Gasteiger partial charge < -0.3 is 14.5 Å². The number of hydrogen-bond acceptors (Lipinski definition) is 5. The van der Waals surface area contributed by atoms with Gasteiger partial charge in [-0.05, 0) is 37.0 Å². The largest absolute Gasteiger partial charge is 0.384 e. The van der Waals surface area contributed by atoms with Crippen molar-refractivity contribution >= 4 is 17.1 Å². The van der Waals surface area contributed by atoms with Crippen LogP contribution in [0.15, 0.2) is 49.2 Å². The molecule has 7 nitrogen and oxygen atoms in total. The van der Waals surface area contributed by atoms with Crippen LogP contribution < -0.4 is 5.32 Å². The Morgan fingerprint density at radius 2 is 2.12 bits per heavy atom. The summed E-state index contributed by atoms with van der Waals surface area (Å²) in [6.07, 6.45) is 11.9. The quantitative estimate of drug-likeness (QED) is 0.601. The first-order valence-electron chi connectivity index (χ1n) is 8.83. The number of rotatable bonds is 5. The Balaban J connectivity index is 1.39. The summed E-state index contributed by atoms with van der Waals surface area (Å²) < 4.78 is 9.10. The van der Waals surface area contributed by atoms with E-state index in [1.54, 1.807) is 13.3 Å². The summed E-state index contributed by atoms with van der Waals surface area (Å²) in [6, 6.07) is 6.60. The van der Waals surface area contributed by atoms with Crippen LogP contribution in [0, 0.1) is 5.92 Å². The molecule has 26 heavy (non-hydrogen) atoms. The Hall–Kier alpha value is -2.93. The van der Waals surface area contributed by atoms with Crippen molar-refractivity contribution in [2.45, 2.75) is 18.9 Å². The van der Waals surface area contributed by atoms with Gasteiger partial charge in [0.1, 0.15) is 5.65 Å². The highest BCUT2D eigenvalue weighted by Crippen LogP contribution is 2.30. The van der Waals surface area contributed by atoms with Crippen LogP contribution in [0.4, 0.5) is 5.95 Å². The molecule has 0 aromatic carbocycles. The molecule has 1 fully saturated rings. The van der Waals surface area contributed by atoms with Crippen molar-refractivity contribution in [3.05, 3.63) is 49.2 Å². The van der Waals surface area contributed by atoms with Gasteiger partial charge in [0.2, 0.25) is 5.95 Å². The van der Waals surface area contributed by atoms with Crippen LogP contribution in [-0.4, -0.2) is 43.7 Å². The van der Waals surface area contributed by atoms with Crippen LogP contribution >= 0.6 is 0 Å². The average molecular weight is 348 g/mol. The van der Waals surface area contributed by atoms with Crippen molar-refractivity contribution in [3.63, 3.8) is 0 Å². The monoisotopic (exact) mass is 348 g/mol. The minimum absolute atomic E-state index is 0.436. The fourth-order valence-corrected chi connectivity index (χ4v) is 3.70. The van der Waals surface area contributed by atoms with Gasteiger partial charge in [-0.25, -0.2) is 14.5 Å². The highest BCUT2D eigenvalue weighted by atomic mass is 16.5. The number of pyridine rings is 1. The molecule has 0 atom stereocenters. The van der Waals surface area contributed by atoms with E-state index in [4.69, 9.17) is 4.74 Å². The Bertz CT molecular complexity index is 1060. The molecule has 7 heteroatoms. The van der Waals surface area contributed by atoms with Crippen molar-refractivity contribution < 1.29 is 4.74 Å². The third-order valence-corrected chi connectivity index (χ3v) is 5.09. The maximum atomic E-state index is 5.20. The predicted octanol–water partition coefficient (Wildman–Crippen LogP) is 2.88. The van der Waals surface area contributed by atoms with E-state index in [1.807, 2.05) is 33.6 Å². The van der Waals surface area contributed by atoms with Gasteiger partial charge >= 0.3 is 0 Å². The molecule has 4 aromatic rings. The summed E-state index contributed by atoms with van der Waals surface area (Å²) in [5.41, 5.74) is 4.15. The van der Waals surface area contributed by atoms with E-state index in [0.29, 0.717) is 17.9 Å². The molecule has 1 N–H and O–H groups in total. The van der Waals surface area contributed by atoms with Crippen LogP contribution in [0.25, 0.3) is 22.3 Å². The zero-order valence-electron chi connectivity index (χ0n) is 14.5. The van der Waals surface area contributed by atoms with Gasteiger partial charge in [0.25, 0.3) is 0 Å². The molecular formula is C19H20N6O. The predicted molar refractivity (Wildman–Crippen MR) is 99.2 cm³/mol. The highest BCUT2D eigenvalue weighted by Gasteiger charge is 2.29. The van der Waals surface area contributed by atoms with Crippen LogP contribution in [0.3, 0.4) is 0 Å². The van der Waals surface area contributed by atoms with Gasteiger partial charge in [-0.3, -0.25) is 0 Å². The zero-order chi connectivity index (χ0) is 17.5. The molecule has 0 radical (unpaired) electrons. The average Bonchev–Trinajstić information content (AvgIpc) is 3.25. The van der Waals surface area contributed by atoms with E-state index >= 15 is 0 Å². The molecule has 132 valence electrons.